The van der Waals surface area contributed by atoms with Crippen LogP contribution in [0.3, 0.4) is 0 Å². The van der Waals surface area contributed by atoms with Crippen LogP contribution in [-0.2, 0) is 16.0 Å². The first-order chi connectivity index (χ1) is 11.8. The van der Waals surface area contributed by atoms with Crippen molar-refractivity contribution in [3.63, 3.8) is 0 Å². The first kappa shape index (κ1) is 17.2. The number of para-hydroxylation sites is 1. The summed E-state index contributed by atoms with van der Waals surface area (Å²) in [6, 6.07) is 9.76. The van der Waals surface area contributed by atoms with Crippen molar-refractivity contribution in [2.75, 3.05) is 6.54 Å². The summed E-state index contributed by atoms with van der Waals surface area (Å²) < 4.78 is 1.83. The predicted octanol–water partition coefficient (Wildman–Crippen LogP) is 2.50. The Morgan fingerprint density at radius 1 is 1.24 bits per heavy atom. The molecule has 1 unspecified atom stereocenters. The minimum Gasteiger partial charge on any atom is -0.480 e. The molecule has 0 bridgehead atoms. The maximum Gasteiger partial charge on any atom is 0.329 e. The van der Waals surface area contributed by atoms with Gasteiger partial charge < -0.3 is 10.0 Å². The predicted molar refractivity (Wildman–Crippen MR) is 93.7 cm³/mol. The number of aliphatic carboxylic acids is 1. The Hall–Kier alpha value is -2.63. The fraction of sp³-hybridized carbons (Fsp3) is 0.421. The van der Waals surface area contributed by atoms with Crippen LogP contribution in [-0.4, -0.2) is 43.7 Å². The van der Waals surface area contributed by atoms with Crippen LogP contribution >= 0.6 is 0 Å². The van der Waals surface area contributed by atoms with Crippen LogP contribution in [0.2, 0.25) is 0 Å². The maximum atomic E-state index is 12.8. The number of nitrogens with zero attached hydrogens (tertiary/aromatic N) is 3. The zero-order chi connectivity index (χ0) is 18.2. The summed E-state index contributed by atoms with van der Waals surface area (Å²) in [5, 5.41) is 14.1. The van der Waals surface area contributed by atoms with Crippen LogP contribution in [0.15, 0.2) is 30.3 Å². The van der Waals surface area contributed by atoms with Crippen LogP contribution < -0.4 is 0 Å². The van der Waals surface area contributed by atoms with Gasteiger partial charge in [0.25, 0.3) is 0 Å². The largest absolute Gasteiger partial charge is 0.480 e. The number of carbonyl (C=O) groups excluding carboxylic acids is 1. The number of benzene rings is 1. The number of carboxylic acid groups (broad SMARTS) is 1. The summed E-state index contributed by atoms with van der Waals surface area (Å²) in [6.45, 7) is 5.95. The molecule has 1 aromatic carbocycles. The smallest absolute Gasteiger partial charge is 0.329 e. The average Bonchev–Trinajstić information content (AvgIpc) is 3.12. The fourth-order valence-electron chi connectivity index (χ4n) is 3.58. The summed E-state index contributed by atoms with van der Waals surface area (Å²) >= 11 is 0. The molecule has 0 radical (unpaired) electrons. The maximum absolute atomic E-state index is 12.8. The van der Waals surface area contributed by atoms with E-state index in [1.165, 1.54) is 4.90 Å². The lowest BCUT2D eigenvalue weighted by Gasteiger charge is -2.31. The molecule has 1 saturated heterocycles. The molecule has 6 nitrogen and oxygen atoms in total. The number of aryl methyl sites for hydroxylation is 1. The Morgan fingerprint density at radius 2 is 1.92 bits per heavy atom. The van der Waals surface area contributed by atoms with E-state index in [4.69, 9.17) is 0 Å². The molecule has 2 heterocycles. The first-order valence-corrected chi connectivity index (χ1v) is 8.49. The van der Waals surface area contributed by atoms with Gasteiger partial charge in [0.2, 0.25) is 5.91 Å². The molecule has 0 aliphatic carbocycles. The highest BCUT2D eigenvalue weighted by atomic mass is 16.4. The highest BCUT2D eigenvalue weighted by molar-refractivity contribution is 5.88. The molecule has 1 fully saturated rings. The highest BCUT2D eigenvalue weighted by Crippen LogP contribution is 2.30. The van der Waals surface area contributed by atoms with Gasteiger partial charge in [-0.05, 0) is 45.7 Å². The Balaban J connectivity index is 1.88. The summed E-state index contributed by atoms with van der Waals surface area (Å²) in [7, 11) is 0. The molecule has 25 heavy (non-hydrogen) atoms. The molecule has 0 spiro atoms. The van der Waals surface area contributed by atoms with E-state index in [-0.39, 0.29) is 12.3 Å². The molecule has 1 aromatic heterocycles. The third kappa shape index (κ3) is 2.92. The summed E-state index contributed by atoms with van der Waals surface area (Å²) in [4.78, 5) is 25.9. The number of hydrogen-bond acceptors (Lipinski definition) is 3. The van der Waals surface area contributed by atoms with Gasteiger partial charge in [-0.2, -0.15) is 5.10 Å². The van der Waals surface area contributed by atoms with E-state index in [9.17, 15) is 14.7 Å². The van der Waals surface area contributed by atoms with Gasteiger partial charge in [-0.3, -0.25) is 4.79 Å². The normalized spacial score (nSPS) is 20.0. The van der Waals surface area contributed by atoms with Crippen molar-refractivity contribution in [2.24, 2.45) is 0 Å². The fourth-order valence-corrected chi connectivity index (χ4v) is 3.58. The number of carbonyl (C=O) groups is 2. The van der Waals surface area contributed by atoms with Crippen LogP contribution in [0.25, 0.3) is 5.69 Å². The third-order valence-corrected chi connectivity index (χ3v) is 5.17. The standard InChI is InChI=1S/C19H23N3O3/c1-13-16(14(2)22(20-13)15-8-5-4-6-9-15)12-17(23)21-11-7-10-19(21,3)18(24)25/h4-6,8-9H,7,10-12H2,1-3H3,(H,24,25). The Bertz CT molecular complexity index is 813. The second-order valence-corrected chi connectivity index (χ2v) is 6.80. The molecular formula is C19H23N3O3. The van der Waals surface area contributed by atoms with E-state index in [2.05, 4.69) is 5.10 Å². The van der Waals surface area contributed by atoms with Gasteiger partial charge in [0.15, 0.2) is 0 Å². The lowest BCUT2D eigenvalue weighted by Crippen LogP contribution is -2.51. The SMILES string of the molecule is Cc1nn(-c2ccccc2)c(C)c1CC(=O)N1CCCC1(C)C(=O)O. The number of carboxylic acids is 1. The van der Waals surface area contributed by atoms with Crippen molar-refractivity contribution in [1.29, 1.82) is 0 Å². The molecule has 0 saturated carbocycles. The van der Waals surface area contributed by atoms with Gasteiger partial charge in [0, 0.05) is 17.8 Å². The molecule has 1 aliphatic rings. The van der Waals surface area contributed by atoms with Crippen LogP contribution in [0.4, 0.5) is 0 Å². The van der Waals surface area contributed by atoms with Crippen molar-refractivity contribution in [1.82, 2.24) is 14.7 Å². The molecule has 1 N–H and O–H groups in total. The van der Waals surface area contributed by atoms with Gasteiger partial charge in [-0.15, -0.1) is 0 Å². The second kappa shape index (κ2) is 6.35. The van der Waals surface area contributed by atoms with E-state index in [1.807, 2.05) is 48.9 Å². The van der Waals surface area contributed by atoms with Crippen molar-refractivity contribution in [3.05, 3.63) is 47.3 Å². The molecular weight excluding hydrogens is 318 g/mol. The van der Waals surface area contributed by atoms with Crippen molar-refractivity contribution in [2.45, 2.75) is 45.6 Å². The Morgan fingerprint density at radius 3 is 2.56 bits per heavy atom. The zero-order valence-corrected chi connectivity index (χ0v) is 14.8. The van der Waals surface area contributed by atoms with E-state index < -0.39 is 11.5 Å². The van der Waals surface area contributed by atoms with Crippen molar-refractivity contribution in [3.8, 4) is 5.69 Å². The van der Waals surface area contributed by atoms with Gasteiger partial charge in [-0.25, -0.2) is 9.48 Å². The number of aromatic nitrogens is 2. The molecule has 1 amide bonds. The Kier molecular flexibility index (Phi) is 4.37. The van der Waals surface area contributed by atoms with E-state index in [0.29, 0.717) is 13.0 Å². The molecule has 2 aromatic rings. The molecule has 6 heteroatoms. The van der Waals surface area contributed by atoms with Gasteiger partial charge in [0.05, 0.1) is 17.8 Å². The molecule has 1 aliphatic heterocycles. The minimum absolute atomic E-state index is 0.152. The molecule has 132 valence electrons. The quantitative estimate of drug-likeness (QED) is 0.927. The molecule has 3 rings (SSSR count). The monoisotopic (exact) mass is 341 g/mol. The number of amides is 1. The van der Waals surface area contributed by atoms with Crippen LogP contribution in [0.5, 0.6) is 0 Å². The topological polar surface area (TPSA) is 75.4 Å². The minimum atomic E-state index is -1.10. The number of hydrogen-bond donors (Lipinski definition) is 1. The second-order valence-electron chi connectivity index (χ2n) is 6.80. The van der Waals surface area contributed by atoms with Crippen molar-refractivity contribution < 1.29 is 14.7 Å². The van der Waals surface area contributed by atoms with E-state index in [0.717, 1.165) is 29.1 Å². The lowest BCUT2D eigenvalue weighted by atomic mass is 9.98. The van der Waals surface area contributed by atoms with E-state index >= 15 is 0 Å². The third-order valence-electron chi connectivity index (χ3n) is 5.17. The van der Waals surface area contributed by atoms with Gasteiger partial charge >= 0.3 is 5.97 Å². The lowest BCUT2D eigenvalue weighted by molar-refractivity contribution is -0.155. The van der Waals surface area contributed by atoms with Crippen molar-refractivity contribution >= 4 is 11.9 Å². The summed E-state index contributed by atoms with van der Waals surface area (Å²) in [5.41, 5.74) is 2.42. The highest BCUT2D eigenvalue weighted by Gasteiger charge is 2.45. The van der Waals surface area contributed by atoms with E-state index in [1.54, 1.807) is 6.92 Å². The zero-order valence-electron chi connectivity index (χ0n) is 14.8. The number of likely N-dealkylation sites (tertiary alicyclic amines) is 1. The summed E-state index contributed by atoms with van der Waals surface area (Å²) in [5.74, 6) is -1.09. The molecule has 1 atom stereocenters. The van der Waals surface area contributed by atoms with Gasteiger partial charge in [0.1, 0.15) is 5.54 Å². The van der Waals surface area contributed by atoms with Crippen LogP contribution in [0.1, 0.15) is 36.7 Å². The average molecular weight is 341 g/mol. The Labute approximate surface area is 147 Å². The van der Waals surface area contributed by atoms with Crippen LogP contribution in [0, 0.1) is 13.8 Å². The number of rotatable bonds is 4. The summed E-state index contributed by atoms with van der Waals surface area (Å²) in [6.07, 6.45) is 1.39. The first-order valence-electron chi connectivity index (χ1n) is 8.49. The van der Waals surface area contributed by atoms with Gasteiger partial charge in [-0.1, -0.05) is 18.2 Å².